The Labute approximate surface area is 128 Å². The lowest BCUT2D eigenvalue weighted by Crippen LogP contribution is -2.40. The highest BCUT2D eigenvalue weighted by molar-refractivity contribution is 7.10. The van der Waals surface area contributed by atoms with E-state index in [1.54, 1.807) is 6.92 Å². The Morgan fingerprint density at radius 3 is 2.67 bits per heavy atom. The van der Waals surface area contributed by atoms with Gasteiger partial charge in [0, 0.05) is 10.6 Å². The van der Waals surface area contributed by atoms with Gasteiger partial charge in [-0.1, -0.05) is 12.1 Å². The van der Waals surface area contributed by atoms with E-state index in [9.17, 15) is 9.90 Å². The number of benzene rings is 1. The second kappa shape index (κ2) is 6.28. The summed E-state index contributed by atoms with van der Waals surface area (Å²) < 4.78 is 0. The Bertz CT molecular complexity index is 621. The smallest absolute Gasteiger partial charge is 0.319 e. The fourth-order valence-electron chi connectivity index (χ4n) is 1.92. The minimum atomic E-state index is -1.06. The molecule has 0 aliphatic carbocycles. The first kappa shape index (κ1) is 15.5. The Balaban J connectivity index is 1.91. The molecule has 2 rings (SSSR count). The zero-order valence-corrected chi connectivity index (χ0v) is 13.3. The lowest BCUT2D eigenvalue weighted by atomic mass is 10.1. The number of nitrogens with one attached hydrogen (secondary N) is 2. The largest absolute Gasteiger partial charge is 0.383 e. The number of carbonyl (C=O) groups is 1. The first-order valence-corrected chi connectivity index (χ1v) is 7.65. The van der Waals surface area contributed by atoms with Crippen LogP contribution >= 0.6 is 11.3 Å². The highest BCUT2D eigenvalue weighted by atomic mass is 32.1. The number of urea groups is 1. The van der Waals surface area contributed by atoms with Crippen LogP contribution < -0.4 is 10.6 Å². The summed E-state index contributed by atoms with van der Waals surface area (Å²) in [5.74, 6) is 0. The van der Waals surface area contributed by atoms with Crippen molar-refractivity contribution in [3.63, 3.8) is 0 Å². The molecule has 1 aromatic carbocycles. The Kier molecular flexibility index (Phi) is 4.65. The van der Waals surface area contributed by atoms with Crippen molar-refractivity contribution in [1.29, 1.82) is 0 Å². The lowest BCUT2D eigenvalue weighted by molar-refractivity contribution is 0.0637. The Hall–Kier alpha value is -1.85. The number of amides is 2. The minimum Gasteiger partial charge on any atom is -0.383 e. The average molecular weight is 304 g/mol. The van der Waals surface area contributed by atoms with E-state index in [4.69, 9.17) is 0 Å². The number of thiophene rings is 1. The van der Waals surface area contributed by atoms with Crippen LogP contribution in [-0.4, -0.2) is 17.7 Å². The zero-order valence-electron chi connectivity index (χ0n) is 12.4. The number of carbonyl (C=O) groups excluding carboxylic acids is 1. The van der Waals surface area contributed by atoms with Gasteiger partial charge in [-0.05, 0) is 55.5 Å². The summed E-state index contributed by atoms with van der Waals surface area (Å²) >= 11 is 1.47. The first-order chi connectivity index (χ1) is 9.88. The highest BCUT2D eigenvalue weighted by Crippen LogP contribution is 2.24. The third-order valence-electron chi connectivity index (χ3n) is 3.41. The molecule has 0 saturated carbocycles. The maximum absolute atomic E-state index is 11.9. The molecule has 1 unspecified atom stereocenters. The normalized spacial score (nSPS) is 13.5. The predicted octanol–water partition coefficient (Wildman–Crippen LogP) is 3.39. The maximum atomic E-state index is 11.9. The van der Waals surface area contributed by atoms with Crippen LogP contribution in [0.3, 0.4) is 0 Å². The second-order valence-corrected chi connectivity index (χ2v) is 6.31. The van der Waals surface area contributed by atoms with Crippen LogP contribution in [0, 0.1) is 13.8 Å². The maximum Gasteiger partial charge on any atom is 0.319 e. The molecule has 112 valence electrons. The molecule has 4 nitrogen and oxygen atoms in total. The summed E-state index contributed by atoms with van der Waals surface area (Å²) in [6.45, 7) is 5.87. The van der Waals surface area contributed by atoms with Gasteiger partial charge in [-0.2, -0.15) is 0 Å². The summed E-state index contributed by atoms with van der Waals surface area (Å²) in [4.78, 5) is 12.7. The van der Waals surface area contributed by atoms with Gasteiger partial charge in [0.1, 0.15) is 5.60 Å². The summed E-state index contributed by atoms with van der Waals surface area (Å²) in [5.41, 5.74) is 1.99. The van der Waals surface area contributed by atoms with Crippen molar-refractivity contribution in [1.82, 2.24) is 5.32 Å². The average Bonchev–Trinajstić information content (AvgIpc) is 2.96. The monoisotopic (exact) mass is 304 g/mol. The van der Waals surface area contributed by atoms with Crippen LogP contribution in [0.5, 0.6) is 0 Å². The molecule has 21 heavy (non-hydrogen) atoms. The number of hydrogen-bond donors (Lipinski definition) is 3. The van der Waals surface area contributed by atoms with E-state index < -0.39 is 5.60 Å². The first-order valence-electron chi connectivity index (χ1n) is 6.77. The van der Waals surface area contributed by atoms with Crippen molar-refractivity contribution >= 4 is 23.1 Å². The van der Waals surface area contributed by atoms with Gasteiger partial charge in [0.05, 0.1) is 6.54 Å². The number of rotatable bonds is 4. The van der Waals surface area contributed by atoms with Crippen LogP contribution in [0.4, 0.5) is 10.5 Å². The third-order valence-corrected chi connectivity index (χ3v) is 4.53. The van der Waals surface area contributed by atoms with Crippen LogP contribution in [0.15, 0.2) is 35.7 Å². The number of aliphatic hydroxyl groups is 1. The molecule has 0 fully saturated rings. The molecular formula is C16H20N2O2S. The lowest BCUT2D eigenvalue weighted by Gasteiger charge is -2.22. The van der Waals surface area contributed by atoms with Crippen molar-refractivity contribution in [2.45, 2.75) is 26.4 Å². The number of hydrogen-bond acceptors (Lipinski definition) is 3. The summed E-state index contributed by atoms with van der Waals surface area (Å²) in [5, 5.41) is 17.7. The summed E-state index contributed by atoms with van der Waals surface area (Å²) in [6, 6.07) is 9.16. The van der Waals surface area contributed by atoms with Crippen LogP contribution in [0.1, 0.15) is 22.9 Å². The molecular weight excluding hydrogens is 284 g/mol. The van der Waals surface area contributed by atoms with Crippen molar-refractivity contribution in [3.8, 4) is 0 Å². The van der Waals surface area contributed by atoms with Crippen molar-refractivity contribution < 1.29 is 9.90 Å². The summed E-state index contributed by atoms with van der Waals surface area (Å²) in [7, 11) is 0. The molecule has 0 aliphatic heterocycles. The molecule has 2 aromatic rings. The molecule has 0 spiro atoms. The van der Waals surface area contributed by atoms with Gasteiger partial charge in [-0.3, -0.25) is 0 Å². The third kappa shape index (κ3) is 4.06. The van der Waals surface area contributed by atoms with Gasteiger partial charge >= 0.3 is 6.03 Å². The van der Waals surface area contributed by atoms with Crippen LogP contribution in [-0.2, 0) is 5.60 Å². The summed E-state index contributed by atoms with van der Waals surface area (Å²) in [6.07, 6.45) is 0. The molecule has 5 heteroatoms. The van der Waals surface area contributed by atoms with Crippen molar-refractivity contribution in [2.24, 2.45) is 0 Å². The van der Waals surface area contributed by atoms with E-state index in [-0.39, 0.29) is 12.6 Å². The standard InChI is InChI=1S/C16H20N2O2S/c1-11-6-7-13(9-12(11)2)18-15(19)17-10-16(3,20)14-5-4-8-21-14/h4-9,20H,10H2,1-3H3,(H2,17,18,19). The molecule has 0 saturated heterocycles. The van der Waals surface area contributed by atoms with E-state index in [1.807, 2.05) is 49.6 Å². The number of aryl methyl sites for hydroxylation is 2. The Morgan fingerprint density at radius 1 is 1.29 bits per heavy atom. The fraction of sp³-hybridized carbons (Fsp3) is 0.312. The molecule has 0 radical (unpaired) electrons. The van der Waals surface area contributed by atoms with Gasteiger partial charge in [0.15, 0.2) is 0 Å². The van der Waals surface area contributed by atoms with Gasteiger partial charge in [0.2, 0.25) is 0 Å². The van der Waals surface area contributed by atoms with E-state index in [0.717, 1.165) is 16.1 Å². The van der Waals surface area contributed by atoms with Crippen LogP contribution in [0.25, 0.3) is 0 Å². The fourth-order valence-corrected chi connectivity index (χ4v) is 2.71. The molecule has 1 heterocycles. The molecule has 0 aliphatic rings. The van der Waals surface area contributed by atoms with Gasteiger partial charge in [-0.25, -0.2) is 4.79 Å². The molecule has 1 aromatic heterocycles. The highest BCUT2D eigenvalue weighted by Gasteiger charge is 2.24. The quantitative estimate of drug-likeness (QED) is 0.811. The van der Waals surface area contributed by atoms with Gasteiger partial charge in [-0.15, -0.1) is 11.3 Å². The van der Waals surface area contributed by atoms with Crippen molar-refractivity contribution in [2.75, 3.05) is 11.9 Å². The molecule has 3 N–H and O–H groups in total. The van der Waals surface area contributed by atoms with E-state index in [1.165, 1.54) is 16.9 Å². The molecule has 1 atom stereocenters. The molecule has 0 bridgehead atoms. The van der Waals surface area contributed by atoms with Crippen molar-refractivity contribution in [3.05, 3.63) is 51.7 Å². The zero-order chi connectivity index (χ0) is 15.5. The predicted molar refractivity (Wildman–Crippen MR) is 86.8 cm³/mol. The molecule has 2 amide bonds. The van der Waals surface area contributed by atoms with E-state index in [2.05, 4.69) is 10.6 Å². The number of anilines is 1. The van der Waals surface area contributed by atoms with Gasteiger partial charge < -0.3 is 15.7 Å². The minimum absolute atomic E-state index is 0.157. The Morgan fingerprint density at radius 2 is 2.05 bits per heavy atom. The SMILES string of the molecule is Cc1ccc(NC(=O)NCC(C)(O)c2cccs2)cc1C. The van der Waals surface area contributed by atoms with E-state index >= 15 is 0 Å². The van der Waals surface area contributed by atoms with Gasteiger partial charge in [0.25, 0.3) is 0 Å². The van der Waals surface area contributed by atoms with Crippen LogP contribution in [0.2, 0.25) is 0 Å². The van der Waals surface area contributed by atoms with E-state index in [0.29, 0.717) is 0 Å². The topological polar surface area (TPSA) is 61.4 Å². The second-order valence-electron chi connectivity index (χ2n) is 5.36.